The number of fused-ring (bicyclic) bond motifs is 1. The van der Waals surface area contributed by atoms with E-state index in [9.17, 15) is 4.79 Å². The van der Waals surface area contributed by atoms with Crippen LogP contribution in [-0.2, 0) is 4.74 Å². The summed E-state index contributed by atoms with van der Waals surface area (Å²) in [6.45, 7) is 4.35. The summed E-state index contributed by atoms with van der Waals surface area (Å²) < 4.78 is 8.21. The summed E-state index contributed by atoms with van der Waals surface area (Å²) in [4.78, 5) is 27.2. The van der Waals surface area contributed by atoms with Crippen LogP contribution in [0.4, 0.5) is 16.3 Å². The molecule has 5 rings (SSSR count). The Kier molecular flexibility index (Phi) is 7.81. The second-order valence-electron chi connectivity index (χ2n) is 9.82. The van der Waals surface area contributed by atoms with Crippen LogP contribution in [0, 0.1) is 6.92 Å². The van der Waals surface area contributed by atoms with Crippen molar-refractivity contribution in [3.8, 4) is 11.1 Å². The van der Waals surface area contributed by atoms with E-state index in [1.54, 1.807) is 6.33 Å². The second-order valence-corrected chi connectivity index (χ2v) is 9.82. The number of benzene rings is 2. The first kappa shape index (κ1) is 25.6. The number of carbonyl (C=O) groups is 1. The van der Waals surface area contributed by atoms with Gasteiger partial charge in [0.15, 0.2) is 11.5 Å². The maximum atomic E-state index is 12.3. The monoisotopic (exact) mass is 514 g/mol. The molecule has 0 saturated carbocycles. The van der Waals surface area contributed by atoms with Gasteiger partial charge in [-0.25, -0.2) is 19.7 Å². The number of nitrogen functional groups attached to an aromatic ring is 1. The minimum absolute atomic E-state index is 0.107. The normalized spacial score (nSPS) is 17.2. The Balaban J connectivity index is 1.01. The molecule has 0 bridgehead atoms. The second kappa shape index (κ2) is 11.6. The van der Waals surface area contributed by atoms with Gasteiger partial charge in [0.2, 0.25) is 0 Å². The highest BCUT2D eigenvalue weighted by Gasteiger charge is 2.28. The number of hydrogen-bond acceptors (Lipinski definition) is 7. The number of rotatable bonds is 9. The number of aromatic nitrogens is 4. The van der Waals surface area contributed by atoms with Gasteiger partial charge in [0.25, 0.3) is 0 Å². The fourth-order valence-electron chi connectivity index (χ4n) is 4.84. The molecule has 1 unspecified atom stereocenters. The van der Waals surface area contributed by atoms with E-state index in [1.165, 1.54) is 17.5 Å². The molecule has 1 aliphatic rings. The number of ether oxygens (including phenoxy) is 1. The molecule has 10 nitrogen and oxygen atoms in total. The van der Waals surface area contributed by atoms with Crippen molar-refractivity contribution in [1.29, 1.82) is 0 Å². The Bertz CT molecular complexity index is 1390. The van der Waals surface area contributed by atoms with E-state index in [0.29, 0.717) is 23.5 Å². The number of likely N-dealkylation sites (N-methyl/N-ethyl adjacent to an activating group) is 1. The van der Waals surface area contributed by atoms with Crippen molar-refractivity contribution in [3.63, 3.8) is 0 Å². The Hall–Kier alpha value is -4.02. The number of nitrogens with zero attached hydrogens (tertiary/aromatic N) is 5. The molecule has 0 spiro atoms. The lowest BCUT2D eigenvalue weighted by Crippen LogP contribution is -2.34. The fraction of sp³-hybridized carbons (Fsp3) is 0.357. The molecule has 2 aromatic heterocycles. The highest BCUT2D eigenvalue weighted by atomic mass is 16.5. The predicted octanol–water partition coefficient (Wildman–Crippen LogP) is 4.21. The average molecular weight is 515 g/mol. The summed E-state index contributed by atoms with van der Waals surface area (Å²) in [7, 11) is 2.08. The molecular weight excluding hydrogens is 480 g/mol. The van der Waals surface area contributed by atoms with Crippen LogP contribution in [0.5, 0.6) is 0 Å². The zero-order chi connectivity index (χ0) is 26.5. The number of amides is 2. The molecule has 1 fully saturated rings. The molecule has 2 amide bonds. The van der Waals surface area contributed by atoms with Gasteiger partial charge >= 0.3 is 6.03 Å². The Morgan fingerprint density at radius 1 is 1.13 bits per heavy atom. The molecule has 10 heteroatoms. The van der Waals surface area contributed by atoms with Crippen molar-refractivity contribution < 1.29 is 9.53 Å². The zero-order valence-corrected chi connectivity index (χ0v) is 21.8. The van der Waals surface area contributed by atoms with Crippen molar-refractivity contribution in [2.75, 3.05) is 37.7 Å². The Morgan fingerprint density at radius 3 is 2.79 bits per heavy atom. The first-order valence-electron chi connectivity index (χ1n) is 13.0. The lowest BCUT2D eigenvalue weighted by molar-refractivity contribution is -0.00849. The van der Waals surface area contributed by atoms with E-state index in [4.69, 9.17) is 10.5 Å². The summed E-state index contributed by atoms with van der Waals surface area (Å²) in [6, 6.07) is 16.1. The number of carbonyl (C=O) groups excluding carboxylic acids is 1. The number of urea groups is 1. The third-order valence-electron chi connectivity index (χ3n) is 6.79. The van der Waals surface area contributed by atoms with Crippen molar-refractivity contribution in [2.24, 2.45) is 0 Å². The molecule has 38 heavy (non-hydrogen) atoms. The summed E-state index contributed by atoms with van der Waals surface area (Å²) in [6.07, 6.45) is 5.88. The Labute approximate surface area is 222 Å². The van der Waals surface area contributed by atoms with Crippen molar-refractivity contribution in [2.45, 2.75) is 38.5 Å². The number of hydrogen-bond donors (Lipinski definition) is 3. The van der Waals surface area contributed by atoms with Crippen LogP contribution < -0.4 is 16.4 Å². The van der Waals surface area contributed by atoms with Gasteiger partial charge in [-0.3, -0.25) is 4.57 Å². The summed E-state index contributed by atoms with van der Waals surface area (Å²) in [5, 5.41) is 5.85. The third-order valence-corrected chi connectivity index (χ3v) is 6.79. The molecular formula is C28H34N8O2. The zero-order valence-electron chi connectivity index (χ0n) is 21.8. The molecule has 0 aliphatic carbocycles. The van der Waals surface area contributed by atoms with Crippen LogP contribution in [0.1, 0.15) is 31.1 Å². The quantitative estimate of drug-likeness (QED) is 0.286. The maximum absolute atomic E-state index is 12.3. The smallest absolute Gasteiger partial charge is 0.319 e. The van der Waals surface area contributed by atoms with Crippen LogP contribution in [-0.4, -0.2) is 63.2 Å². The van der Waals surface area contributed by atoms with E-state index in [0.717, 1.165) is 43.6 Å². The van der Waals surface area contributed by atoms with Gasteiger partial charge < -0.3 is 26.0 Å². The number of nitrogens with two attached hydrogens (primary N) is 1. The molecule has 4 aromatic rings. The van der Waals surface area contributed by atoms with Gasteiger partial charge in [0.05, 0.1) is 12.4 Å². The van der Waals surface area contributed by atoms with Crippen LogP contribution >= 0.6 is 0 Å². The standard InChI is InChI=1S/C28H34N8O2/c1-19-5-3-6-21(15-19)20-7-9-22(10-8-20)34-28(37)30-13-4-14-35(2)16-23-11-12-24(38-23)36-18-33-25-26(29)31-17-32-27(25)36/h3,5-10,15,17-18,23-24H,4,11-14,16H2,1-2H3,(H2,29,31,32)(H2,30,34,37)/t23-,24?/m0/s1. The van der Waals surface area contributed by atoms with Crippen LogP contribution in [0.3, 0.4) is 0 Å². The van der Waals surface area contributed by atoms with Gasteiger partial charge in [-0.2, -0.15) is 0 Å². The van der Waals surface area contributed by atoms with E-state index in [1.807, 2.05) is 28.8 Å². The fourth-order valence-corrected chi connectivity index (χ4v) is 4.84. The first-order valence-corrected chi connectivity index (χ1v) is 13.0. The number of anilines is 2. The molecule has 2 aromatic carbocycles. The van der Waals surface area contributed by atoms with Crippen molar-refractivity contribution in [1.82, 2.24) is 29.7 Å². The number of nitrogens with one attached hydrogen (secondary N) is 2. The molecule has 1 saturated heterocycles. The van der Waals surface area contributed by atoms with E-state index >= 15 is 0 Å². The maximum Gasteiger partial charge on any atom is 0.319 e. The minimum atomic E-state index is -0.199. The lowest BCUT2D eigenvalue weighted by Gasteiger charge is -2.21. The predicted molar refractivity (Wildman–Crippen MR) is 149 cm³/mol. The SMILES string of the molecule is Cc1cccc(-c2ccc(NC(=O)NCCCN(C)C[C@@H]3CCC(n4cnc5c(N)ncnc54)O3)cc2)c1. The topological polar surface area (TPSA) is 123 Å². The van der Waals surface area contributed by atoms with Gasteiger partial charge in [-0.1, -0.05) is 42.0 Å². The molecule has 4 N–H and O–H groups in total. The molecule has 2 atom stereocenters. The third kappa shape index (κ3) is 6.09. The number of imidazole rings is 1. The van der Waals surface area contributed by atoms with E-state index in [-0.39, 0.29) is 18.4 Å². The highest BCUT2D eigenvalue weighted by Crippen LogP contribution is 2.31. The van der Waals surface area contributed by atoms with Crippen molar-refractivity contribution >= 4 is 28.7 Å². The Morgan fingerprint density at radius 2 is 1.97 bits per heavy atom. The first-order chi connectivity index (χ1) is 18.5. The summed E-state index contributed by atoms with van der Waals surface area (Å²) in [5.74, 6) is 0.376. The lowest BCUT2D eigenvalue weighted by atomic mass is 10.0. The van der Waals surface area contributed by atoms with Crippen LogP contribution in [0.25, 0.3) is 22.3 Å². The molecule has 198 valence electrons. The summed E-state index contributed by atoms with van der Waals surface area (Å²) >= 11 is 0. The van der Waals surface area contributed by atoms with E-state index in [2.05, 4.69) is 68.7 Å². The van der Waals surface area contributed by atoms with Gasteiger partial charge in [-0.15, -0.1) is 0 Å². The highest BCUT2D eigenvalue weighted by molar-refractivity contribution is 5.89. The van der Waals surface area contributed by atoms with Gasteiger partial charge in [0.1, 0.15) is 18.1 Å². The molecule has 3 heterocycles. The largest absolute Gasteiger partial charge is 0.382 e. The van der Waals surface area contributed by atoms with Crippen LogP contribution in [0.2, 0.25) is 0 Å². The number of aryl methyl sites for hydroxylation is 1. The minimum Gasteiger partial charge on any atom is -0.382 e. The van der Waals surface area contributed by atoms with Gasteiger partial charge in [0, 0.05) is 18.8 Å². The molecule has 1 aliphatic heterocycles. The summed E-state index contributed by atoms with van der Waals surface area (Å²) in [5.41, 5.74) is 11.5. The van der Waals surface area contributed by atoms with Crippen molar-refractivity contribution in [3.05, 3.63) is 66.7 Å². The van der Waals surface area contributed by atoms with Crippen LogP contribution in [0.15, 0.2) is 61.2 Å². The van der Waals surface area contributed by atoms with Gasteiger partial charge in [-0.05, 0) is 63.0 Å². The van der Waals surface area contributed by atoms with E-state index < -0.39 is 0 Å². The molecule has 0 radical (unpaired) electrons. The average Bonchev–Trinajstić information content (AvgIpc) is 3.55.